The summed E-state index contributed by atoms with van der Waals surface area (Å²) in [4.78, 5) is 4.07. The van der Waals surface area contributed by atoms with Gasteiger partial charge in [-0.3, -0.25) is 14.6 Å². The predicted molar refractivity (Wildman–Crippen MR) is 66.2 cm³/mol. The highest BCUT2D eigenvalue weighted by Crippen LogP contribution is 2.16. The zero-order chi connectivity index (χ0) is 12.4. The van der Waals surface area contributed by atoms with Crippen LogP contribution in [-0.4, -0.2) is 24.9 Å². The van der Waals surface area contributed by atoms with Crippen molar-refractivity contribution in [2.45, 2.75) is 6.54 Å². The molecule has 0 atom stereocenters. The molecule has 0 bridgehead atoms. The molecule has 0 aliphatic carbocycles. The second-order valence-electron chi connectivity index (χ2n) is 3.67. The van der Waals surface area contributed by atoms with Gasteiger partial charge in [-0.2, -0.15) is 5.10 Å². The van der Waals surface area contributed by atoms with Crippen molar-refractivity contribution in [2.24, 2.45) is 0 Å². The van der Waals surface area contributed by atoms with Crippen LogP contribution in [0.2, 0.25) is 0 Å². The molecule has 3 heterocycles. The molecular formula is C11H9N5OS. The summed E-state index contributed by atoms with van der Waals surface area (Å²) in [7, 11) is 0. The van der Waals surface area contributed by atoms with Crippen molar-refractivity contribution < 1.29 is 4.52 Å². The van der Waals surface area contributed by atoms with Gasteiger partial charge in [0, 0.05) is 24.0 Å². The van der Waals surface area contributed by atoms with Crippen LogP contribution in [0.15, 0.2) is 41.4 Å². The number of hydrogen-bond donors (Lipinski definition) is 1. The van der Waals surface area contributed by atoms with E-state index in [0.29, 0.717) is 11.3 Å². The van der Waals surface area contributed by atoms with Gasteiger partial charge in [-0.25, -0.2) is 0 Å². The summed E-state index contributed by atoms with van der Waals surface area (Å²) in [5.74, 6) is 0.733. The lowest BCUT2D eigenvalue weighted by atomic mass is 10.2. The van der Waals surface area contributed by atoms with Crippen LogP contribution in [0, 0.1) is 4.77 Å². The van der Waals surface area contributed by atoms with Gasteiger partial charge in [0.2, 0.25) is 0 Å². The van der Waals surface area contributed by atoms with Crippen molar-refractivity contribution in [3.8, 4) is 11.4 Å². The first-order valence-corrected chi connectivity index (χ1v) is 5.70. The van der Waals surface area contributed by atoms with Gasteiger partial charge in [-0.1, -0.05) is 5.16 Å². The molecule has 0 saturated carbocycles. The normalized spacial score (nSPS) is 10.7. The Labute approximate surface area is 107 Å². The second kappa shape index (κ2) is 4.53. The largest absolute Gasteiger partial charge is 0.364 e. The smallest absolute Gasteiger partial charge is 0.195 e. The number of rotatable bonds is 3. The number of nitrogens with one attached hydrogen (secondary N) is 1. The second-order valence-corrected chi connectivity index (χ2v) is 4.06. The van der Waals surface area contributed by atoms with Crippen molar-refractivity contribution in [3.63, 3.8) is 0 Å². The van der Waals surface area contributed by atoms with Gasteiger partial charge < -0.3 is 4.52 Å². The van der Waals surface area contributed by atoms with Crippen LogP contribution >= 0.6 is 12.2 Å². The molecule has 6 nitrogen and oxygen atoms in total. The van der Waals surface area contributed by atoms with Crippen LogP contribution in [0.5, 0.6) is 0 Å². The van der Waals surface area contributed by atoms with Crippen molar-refractivity contribution in [1.82, 2.24) is 24.9 Å². The Morgan fingerprint density at radius 3 is 3.06 bits per heavy atom. The van der Waals surface area contributed by atoms with Gasteiger partial charge in [-0.05, 0) is 24.4 Å². The summed E-state index contributed by atoms with van der Waals surface area (Å²) < 4.78 is 7.20. The minimum atomic E-state index is 0.510. The summed E-state index contributed by atoms with van der Waals surface area (Å²) in [5, 5.41) is 10.9. The first kappa shape index (κ1) is 10.8. The van der Waals surface area contributed by atoms with Crippen LogP contribution in [0.4, 0.5) is 0 Å². The number of aromatic amines is 1. The summed E-state index contributed by atoms with van der Waals surface area (Å²) in [5.41, 5.74) is 1.69. The van der Waals surface area contributed by atoms with E-state index in [1.165, 1.54) is 6.26 Å². The zero-order valence-electron chi connectivity index (χ0n) is 9.28. The fourth-order valence-corrected chi connectivity index (χ4v) is 1.86. The molecule has 0 amide bonds. The molecule has 3 aromatic rings. The van der Waals surface area contributed by atoms with Gasteiger partial charge in [0.15, 0.2) is 10.6 Å². The van der Waals surface area contributed by atoms with Crippen molar-refractivity contribution in [1.29, 1.82) is 0 Å². The Morgan fingerprint density at radius 1 is 1.39 bits per heavy atom. The molecule has 18 heavy (non-hydrogen) atoms. The number of aromatic nitrogens is 5. The Balaban J connectivity index is 2.04. The molecule has 3 rings (SSSR count). The molecule has 0 spiro atoms. The first-order valence-electron chi connectivity index (χ1n) is 5.29. The Kier molecular flexibility index (Phi) is 2.73. The summed E-state index contributed by atoms with van der Waals surface area (Å²) in [6.45, 7) is 0.510. The van der Waals surface area contributed by atoms with E-state index in [-0.39, 0.29) is 0 Å². The third-order valence-corrected chi connectivity index (χ3v) is 2.80. The standard InChI is InChI=1S/C11H9N5OS/c18-11-14-13-10(8-2-1-4-12-6-8)16(11)7-9-3-5-17-15-9/h1-6H,7H2,(H,14,18). The highest BCUT2D eigenvalue weighted by Gasteiger charge is 2.10. The van der Waals surface area contributed by atoms with Crippen LogP contribution in [0.25, 0.3) is 11.4 Å². The maximum atomic E-state index is 5.21. The number of pyridine rings is 1. The molecule has 1 N–H and O–H groups in total. The van der Waals surface area contributed by atoms with Crippen LogP contribution in [0.1, 0.15) is 5.69 Å². The van der Waals surface area contributed by atoms with E-state index in [9.17, 15) is 0 Å². The molecule has 0 aliphatic rings. The molecule has 90 valence electrons. The molecule has 0 unspecified atom stereocenters. The third-order valence-electron chi connectivity index (χ3n) is 2.49. The van der Waals surface area contributed by atoms with Crippen LogP contribution < -0.4 is 0 Å². The fourth-order valence-electron chi connectivity index (χ4n) is 1.66. The molecule has 0 saturated heterocycles. The SMILES string of the molecule is S=c1[nH]nc(-c2cccnc2)n1Cc1ccon1. The lowest BCUT2D eigenvalue weighted by Gasteiger charge is -2.03. The van der Waals surface area contributed by atoms with E-state index >= 15 is 0 Å². The lowest BCUT2D eigenvalue weighted by molar-refractivity contribution is 0.409. The van der Waals surface area contributed by atoms with Crippen molar-refractivity contribution in [2.75, 3.05) is 0 Å². The van der Waals surface area contributed by atoms with Gasteiger partial charge >= 0.3 is 0 Å². The van der Waals surface area contributed by atoms with E-state index < -0.39 is 0 Å². The lowest BCUT2D eigenvalue weighted by Crippen LogP contribution is -2.02. The average molecular weight is 259 g/mol. The number of nitrogens with zero attached hydrogens (tertiary/aromatic N) is 4. The van der Waals surface area contributed by atoms with E-state index in [1.54, 1.807) is 18.5 Å². The summed E-state index contributed by atoms with van der Waals surface area (Å²) >= 11 is 5.21. The van der Waals surface area contributed by atoms with E-state index in [2.05, 4.69) is 20.3 Å². The maximum Gasteiger partial charge on any atom is 0.195 e. The van der Waals surface area contributed by atoms with Crippen molar-refractivity contribution in [3.05, 3.63) is 47.3 Å². The van der Waals surface area contributed by atoms with E-state index in [0.717, 1.165) is 17.1 Å². The third kappa shape index (κ3) is 1.95. The molecular weight excluding hydrogens is 250 g/mol. The Morgan fingerprint density at radius 2 is 2.33 bits per heavy atom. The van der Waals surface area contributed by atoms with Gasteiger partial charge in [0.25, 0.3) is 0 Å². The molecule has 0 aliphatic heterocycles. The first-order chi connectivity index (χ1) is 8.84. The Bertz CT molecular complexity index is 686. The quantitative estimate of drug-likeness (QED) is 0.729. The van der Waals surface area contributed by atoms with E-state index in [4.69, 9.17) is 16.7 Å². The zero-order valence-corrected chi connectivity index (χ0v) is 10.1. The van der Waals surface area contributed by atoms with Gasteiger partial charge in [0.1, 0.15) is 12.0 Å². The van der Waals surface area contributed by atoms with E-state index in [1.807, 2.05) is 16.7 Å². The molecule has 0 fully saturated rings. The number of H-pyrrole nitrogens is 1. The van der Waals surface area contributed by atoms with Gasteiger partial charge in [0.05, 0.1) is 6.54 Å². The Hall–Kier alpha value is -2.28. The minimum absolute atomic E-state index is 0.510. The molecule has 3 aromatic heterocycles. The summed E-state index contributed by atoms with van der Waals surface area (Å²) in [6, 6.07) is 5.58. The highest BCUT2D eigenvalue weighted by atomic mass is 32.1. The number of hydrogen-bond acceptors (Lipinski definition) is 5. The van der Waals surface area contributed by atoms with Crippen LogP contribution in [-0.2, 0) is 6.54 Å². The summed E-state index contributed by atoms with van der Waals surface area (Å²) in [6.07, 6.45) is 4.99. The fraction of sp³-hybridized carbons (Fsp3) is 0.0909. The minimum Gasteiger partial charge on any atom is -0.364 e. The topological polar surface area (TPSA) is 72.5 Å². The van der Waals surface area contributed by atoms with Gasteiger partial charge in [-0.15, -0.1) is 0 Å². The monoisotopic (exact) mass is 259 g/mol. The van der Waals surface area contributed by atoms with Crippen LogP contribution in [0.3, 0.4) is 0 Å². The molecule has 7 heteroatoms. The molecule has 0 radical (unpaired) electrons. The van der Waals surface area contributed by atoms with Crippen molar-refractivity contribution >= 4 is 12.2 Å². The predicted octanol–water partition coefficient (Wildman–Crippen LogP) is 2.04. The highest BCUT2D eigenvalue weighted by molar-refractivity contribution is 7.71. The maximum absolute atomic E-state index is 5.21. The molecule has 0 aromatic carbocycles. The average Bonchev–Trinajstić information content (AvgIpc) is 3.03.